The Hall–Kier alpha value is -1.35. The molecule has 2 heterocycles. The number of nitrogens with one attached hydrogen (secondary N) is 1. The maximum Gasteiger partial charge on any atom is 0.254 e. The SMILES string of the molecule is Cc1ccc(C(=O)N2CC[C@H]3CNC[C@H]32)c(C)c1. The van der Waals surface area contributed by atoms with Gasteiger partial charge in [0.15, 0.2) is 0 Å². The molecule has 0 aromatic heterocycles. The third-order valence-corrected chi connectivity index (χ3v) is 4.32. The van der Waals surface area contributed by atoms with Crippen LogP contribution in [0.15, 0.2) is 18.2 Å². The van der Waals surface area contributed by atoms with Gasteiger partial charge in [-0.25, -0.2) is 0 Å². The second-order valence-corrected chi connectivity index (χ2v) is 5.59. The van der Waals surface area contributed by atoms with Gasteiger partial charge in [-0.2, -0.15) is 0 Å². The predicted molar refractivity (Wildman–Crippen MR) is 71.7 cm³/mol. The Morgan fingerprint density at radius 3 is 2.94 bits per heavy atom. The highest BCUT2D eigenvalue weighted by Gasteiger charge is 2.40. The molecule has 2 saturated heterocycles. The highest BCUT2D eigenvalue weighted by Crippen LogP contribution is 2.29. The van der Waals surface area contributed by atoms with Gasteiger partial charge in [0.05, 0.1) is 0 Å². The molecule has 1 N–H and O–H groups in total. The molecule has 0 spiro atoms. The number of rotatable bonds is 1. The fourth-order valence-electron chi connectivity index (χ4n) is 3.31. The van der Waals surface area contributed by atoms with E-state index < -0.39 is 0 Å². The standard InChI is InChI=1S/C15H20N2O/c1-10-3-4-13(11(2)7-10)15(18)17-6-5-12-8-16-9-14(12)17/h3-4,7,12,14,16H,5-6,8-9H2,1-2H3/t12-,14+/m0/s1. The zero-order valence-electron chi connectivity index (χ0n) is 11.1. The smallest absolute Gasteiger partial charge is 0.254 e. The van der Waals surface area contributed by atoms with Crippen LogP contribution in [0.2, 0.25) is 0 Å². The summed E-state index contributed by atoms with van der Waals surface area (Å²) in [6, 6.07) is 6.51. The van der Waals surface area contributed by atoms with E-state index in [0.29, 0.717) is 12.0 Å². The Bertz CT molecular complexity index is 483. The lowest BCUT2D eigenvalue weighted by Crippen LogP contribution is -2.39. The number of amides is 1. The van der Waals surface area contributed by atoms with Crippen LogP contribution in [0.3, 0.4) is 0 Å². The van der Waals surface area contributed by atoms with Crippen molar-refractivity contribution in [2.24, 2.45) is 5.92 Å². The Labute approximate surface area is 108 Å². The van der Waals surface area contributed by atoms with Crippen molar-refractivity contribution in [3.63, 3.8) is 0 Å². The molecule has 0 unspecified atom stereocenters. The quantitative estimate of drug-likeness (QED) is 0.816. The normalized spacial score (nSPS) is 26.4. The van der Waals surface area contributed by atoms with Crippen LogP contribution >= 0.6 is 0 Å². The lowest BCUT2D eigenvalue weighted by Gasteiger charge is -2.24. The summed E-state index contributed by atoms with van der Waals surface area (Å²) in [7, 11) is 0. The van der Waals surface area contributed by atoms with Crippen molar-refractivity contribution in [3.05, 3.63) is 34.9 Å². The van der Waals surface area contributed by atoms with Crippen molar-refractivity contribution in [2.45, 2.75) is 26.3 Å². The summed E-state index contributed by atoms with van der Waals surface area (Å²) in [4.78, 5) is 14.7. The molecule has 0 radical (unpaired) electrons. The molecule has 2 aliphatic rings. The molecule has 96 valence electrons. The number of fused-ring (bicyclic) bond motifs is 1. The van der Waals surface area contributed by atoms with Gasteiger partial charge < -0.3 is 10.2 Å². The van der Waals surface area contributed by atoms with E-state index in [1.807, 2.05) is 19.1 Å². The average Bonchev–Trinajstić information content (AvgIpc) is 2.89. The molecule has 3 rings (SSSR count). The van der Waals surface area contributed by atoms with Crippen molar-refractivity contribution < 1.29 is 4.79 Å². The van der Waals surface area contributed by atoms with Crippen molar-refractivity contribution in [3.8, 4) is 0 Å². The van der Waals surface area contributed by atoms with Crippen LogP contribution < -0.4 is 5.32 Å². The maximum absolute atomic E-state index is 12.6. The van der Waals surface area contributed by atoms with E-state index in [-0.39, 0.29) is 5.91 Å². The Morgan fingerprint density at radius 2 is 2.17 bits per heavy atom. The van der Waals surface area contributed by atoms with Crippen molar-refractivity contribution in [1.82, 2.24) is 10.2 Å². The number of benzene rings is 1. The number of hydrogen-bond donors (Lipinski definition) is 1. The van der Waals surface area contributed by atoms with Gasteiger partial charge >= 0.3 is 0 Å². The molecule has 0 bridgehead atoms. The van der Waals surface area contributed by atoms with E-state index in [2.05, 4.69) is 23.2 Å². The van der Waals surface area contributed by atoms with Crippen molar-refractivity contribution >= 4 is 5.91 Å². The number of carbonyl (C=O) groups excluding carboxylic acids is 1. The molecule has 2 fully saturated rings. The summed E-state index contributed by atoms with van der Waals surface area (Å²) in [5.74, 6) is 0.878. The van der Waals surface area contributed by atoms with E-state index in [1.54, 1.807) is 0 Å². The van der Waals surface area contributed by atoms with E-state index in [1.165, 1.54) is 5.56 Å². The topological polar surface area (TPSA) is 32.3 Å². The van der Waals surface area contributed by atoms with Crippen LogP contribution in [0.1, 0.15) is 27.9 Å². The third kappa shape index (κ3) is 1.83. The van der Waals surface area contributed by atoms with Gasteiger partial charge in [0.2, 0.25) is 0 Å². The summed E-state index contributed by atoms with van der Waals surface area (Å²) in [5.41, 5.74) is 3.17. The molecule has 3 heteroatoms. The van der Waals surface area contributed by atoms with Crippen LogP contribution in [0, 0.1) is 19.8 Å². The predicted octanol–water partition coefficient (Wildman–Crippen LogP) is 1.74. The third-order valence-electron chi connectivity index (χ3n) is 4.32. The number of likely N-dealkylation sites (tertiary alicyclic amines) is 1. The lowest BCUT2D eigenvalue weighted by atomic mass is 10.0. The van der Waals surface area contributed by atoms with Gasteiger partial charge in [0, 0.05) is 31.2 Å². The molecule has 1 aromatic carbocycles. The highest BCUT2D eigenvalue weighted by molar-refractivity contribution is 5.96. The number of aryl methyl sites for hydroxylation is 2. The summed E-state index contributed by atoms with van der Waals surface area (Å²) in [5, 5.41) is 3.39. The van der Waals surface area contributed by atoms with Gasteiger partial charge in [-0.3, -0.25) is 4.79 Å². The summed E-state index contributed by atoms with van der Waals surface area (Å²) in [6.45, 7) is 7.04. The largest absolute Gasteiger partial charge is 0.334 e. The molecule has 1 amide bonds. The fraction of sp³-hybridized carbons (Fsp3) is 0.533. The second kappa shape index (κ2) is 4.39. The number of hydrogen-bond acceptors (Lipinski definition) is 2. The van der Waals surface area contributed by atoms with E-state index in [4.69, 9.17) is 0 Å². The zero-order valence-corrected chi connectivity index (χ0v) is 11.1. The molecule has 0 aliphatic carbocycles. The Balaban J connectivity index is 1.86. The molecule has 3 nitrogen and oxygen atoms in total. The Morgan fingerprint density at radius 1 is 1.33 bits per heavy atom. The highest BCUT2D eigenvalue weighted by atomic mass is 16.2. The first-order chi connectivity index (χ1) is 8.66. The van der Waals surface area contributed by atoms with Gasteiger partial charge in [-0.1, -0.05) is 17.7 Å². The number of nitrogens with zero attached hydrogens (tertiary/aromatic N) is 1. The fourth-order valence-corrected chi connectivity index (χ4v) is 3.31. The minimum absolute atomic E-state index is 0.212. The minimum Gasteiger partial charge on any atom is -0.334 e. The van der Waals surface area contributed by atoms with E-state index in [9.17, 15) is 4.79 Å². The second-order valence-electron chi connectivity index (χ2n) is 5.59. The van der Waals surface area contributed by atoms with E-state index >= 15 is 0 Å². The van der Waals surface area contributed by atoms with Gasteiger partial charge in [0.1, 0.15) is 0 Å². The molecule has 0 saturated carbocycles. The molecule has 18 heavy (non-hydrogen) atoms. The molecule has 1 aromatic rings. The zero-order chi connectivity index (χ0) is 12.7. The lowest BCUT2D eigenvalue weighted by molar-refractivity contribution is 0.0736. The van der Waals surface area contributed by atoms with E-state index in [0.717, 1.165) is 37.2 Å². The summed E-state index contributed by atoms with van der Waals surface area (Å²) >= 11 is 0. The number of carbonyl (C=O) groups is 1. The first kappa shape index (κ1) is 11.7. The van der Waals surface area contributed by atoms with Gasteiger partial charge in [-0.15, -0.1) is 0 Å². The van der Waals surface area contributed by atoms with Crippen molar-refractivity contribution in [2.75, 3.05) is 19.6 Å². The summed E-state index contributed by atoms with van der Waals surface area (Å²) in [6.07, 6.45) is 1.15. The summed E-state index contributed by atoms with van der Waals surface area (Å²) < 4.78 is 0. The molecule has 2 atom stereocenters. The van der Waals surface area contributed by atoms with Crippen molar-refractivity contribution in [1.29, 1.82) is 0 Å². The first-order valence-electron chi connectivity index (χ1n) is 6.76. The van der Waals surface area contributed by atoms with Crippen LogP contribution in [-0.4, -0.2) is 36.5 Å². The van der Waals surface area contributed by atoms with Gasteiger partial charge in [-0.05, 0) is 37.8 Å². The molecular weight excluding hydrogens is 224 g/mol. The van der Waals surface area contributed by atoms with Crippen LogP contribution in [0.5, 0.6) is 0 Å². The molecular formula is C15H20N2O. The first-order valence-corrected chi connectivity index (χ1v) is 6.76. The molecule has 2 aliphatic heterocycles. The van der Waals surface area contributed by atoms with Crippen LogP contribution in [0.25, 0.3) is 0 Å². The maximum atomic E-state index is 12.6. The average molecular weight is 244 g/mol. The van der Waals surface area contributed by atoms with Crippen LogP contribution in [-0.2, 0) is 0 Å². The van der Waals surface area contributed by atoms with Gasteiger partial charge in [0.25, 0.3) is 5.91 Å². The monoisotopic (exact) mass is 244 g/mol. The van der Waals surface area contributed by atoms with Crippen LogP contribution in [0.4, 0.5) is 0 Å². The Kier molecular flexibility index (Phi) is 2.86. The minimum atomic E-state index is 0.212.